The van der Waals surface area contributed by atoms with Crippen LogP contribution in [0.1, 0.15) is 23.9 Å². The maximum Gasteiger partial charge on any atom is 0.126 e. The number of imidazole rings is 1. The smallest absolute Gasteiger partial charge is 0.126 e. The molecular formula is C11H13N3S. The molecule has 0 radical (unpaired) electrons. The molecule has 0 aromatic carbocycles. The molecule has 2 aromatic rings. The second-order valence-corrected chi connectivity index (χ2v) is 5.15. The van der Waals surface area contributed by atoms with Crippen molar-refractivity contribution in [1.29, 1.82) is 0 Å². The van der Waals surface area contributed by atoms with Crippen molar-refractivity contribution in [3.8, 4) is 0 Å². The van der Waals surface area contributed by atoms with Gasteiger partial charge in [-0.25, -0.2) is 4.98 Å². The van der Waals surface area contributed by atoms with Crippen molar-refractivity contribution < 1.29 is 0 Å². The van der Waals surface area contributed by atoms with E-state index in [1.807, 2.05) is 36.3 Å². The zero-order valence-corrected chi connectivity index (χ0v) is 9.20. The van der Waals surface area contributed by atoms with Crippen molar-refractivity contribution in [3.05, 3.63) is 30.4 Å². The third-order valence-corrected chi connectivity index (χ3v) is 4.22. The van der Waals surface area contributed by atoms with Crippen molar-refractivity contribution in [1.82, 2.24) is 9.38 Å². The normalized spacial score (nSPS) is 21.2. The van der Waals surface area contributed by atoms with Crippen LogP contribution in [0.25, 0.3) is 5.52 Å². The Bertz CT molecular complexity index is 486. The average Bonchev–Trinajstić information content (AvgIpc) is 2.85. The third-order valence-electron chi connectivity index (χ3n) is 2.85. The number of pyridine rings is 1. The van der Waals surface area contributed by atoms with Crippen LogP contribution in [0.5, 0.6) is 0 Å². The first-order valence-electron chi connectivity index (χ1n) is 5.19. The van der Waals surface area contributed by atoms with Gasteiger partial charge in [-0.3, -0.25) is 0 Å². The minimum atomic E-state index is 0.550. The van der Waals surface area contributed by atoms with Gasteiger partial charge in [0.2, 0.25) is 0 Å². The highest BCUT2D eigenvalue weighted by Crippen LogP contribution is 2.39. The van der Waals surface area contributed by atoms with Crippen LogP contribution in [-0.2, 0) is 0 Å². The van der Waals surface area contributed by atoms with Gasteiger partial charge < -0.3 is 10.1 Å². The first-order chi connectivity index (χ1) is 7.36. The summed E-state index contributed by atoms with van der Waals surface area (Å²) in [5.41, 5.74) is 7.73. The van der Waals surface area contributed by atoms with E-state index in [0.717, 1.165) is 17.0 Å². The lowest BCUT2D eigenvalue weighted by atomic mass is 10.2. The van der Waals surface area contributed by atoms with Crippen LogP contribution in [0.3, 0.4) is 0 Å². The van der Waals surface area contributed by atoms with Crippen molar-refractivity contribution >= 4 is 23.0 Å². The van der Waals surface area contributed by atoms with Crippen LogP contribution in [0.4, 0.5) is 5.69 Å². The van der Waals surface area contributed by atoms with Crippen LogP contribution < -0.4 is 5.73 Å². The summed E-state index contributed by atoms with van der Waals surface area (Å²) in [5, 5.41) is 0.550. The van der Waals surface area contributed by atoms with Crippen molar-refractivity contribution in [2.24, 2.45) is 0 Å². The number of fused-ring (bicyclic) bond motifs is 1. The van der Waals surface area contributed by atoms with E-state index in [0.29, 0.717) is 5.25 Å². The molecule has 1 fully saturated rings. The van der Waals surface area contributed by atoms with E-state index >= 15 is 0 Å². The second kappa shape index (κ2) is 3.45. The van der Waals surface area contributed by atoms with E-state index in [4.69, 9.17) is 5.73 Å². The molecule has 2 N–H and O–H groups in total. The van der Waals surface area contributed by atoms with Crippen molar-refractivity contribution in [2.75, 3.05) is 11.5 Å². The molecule has 0 bridgehead atoms. The molecule has 0 amide bonds. The molecule has 1 saturated heterocycles. The molecule has 1 unspecified atom stereocenters. The van der Waals surface area contributed by atoms with E-state index in [1.165, 1.54) is 18.6 Å². The molecule has 0 spiro atoms. The Hall–Kier alpha value is -1.16. The summed E-state index contributed by atoms with van der Waals surface area (Å²) in [6, 6.07) is 3.90. The Morgan fingerprint density at radius 3 is 3.27 bits per heavy atom. The summed E-state index contributed by atoms with van der Waals surface area (Å²) in [6.45, 7) is 0. The number of rotatable bonds is 1. The molecule has 4 heteroatoms. The monoisotopic (exact) mass is 219 g/mol. The zero-order valence-electron chi connectivity index (χ0n) is 8.39. The fraction of sp³-hybridized carbons (Fsp3) is 0.364. The highest BCUT2D eigenvalue weighted by molar-refractivity contribution is 7.99. The van der Waals surface area contributed by atoms with Crippen LogP contribution >= 0.6 is 11.8 Å². The predicted molar refractivity (Wildman–Crippen MR) is 64.0 cm³/mol. The Kier molecular flexibility index (Phi) is 2.09. The lowest BCUT2D eigenvalue weighted by molar-refractivity contribution is 0.774. The number of hydrogen-bond acceptors (Lipinski definition) is 3. The number of anilines is 1. The fourth-order valence-corrected chi connectivity index (χ4v) is 3.36. The van der Waals surface area contributed by atoms with Crippen LogP contribution in [-0.4, -0.2) is 15.1 Å². The van der Waals surface area contributed by atoms with Crippen LogP contribution in [0.15, 0.2) is 24.5 Å². The Morgan fingerprint density at radius 2 is 2.47 bits per heavy atom. The van der Waals surface area contributed by atoms with Gasteiger partial charge in [0.05, 0.1) is 22.7 Å². The van der Waals surface area contributed by atoms with Gasteiger partial charge in [0.15, 0.2) is 0 Å². The zero-order chi connectivity index (χ0) is 10.3. The Balaban J connectivity index is 2.15. The maximum absolute atomic E-state index is 5.90. The maximum atomic E-state index is 5.90. The third kappa shape index (κ3) is 1.40. The Morgan fingerprint density at radius 1 is 1.53 bits per heavy atom. The summed E-state index contributed by atoms with van der Waals surface area (Å²) in [6.07, 6.45) is 6.46. The van der Waals surface area contributed by atoms with E-state index in [2.05, 4.69) is 9.38 Å². The standard InChI is InChI=1S/C11H13N3S/c12-8-3-1-5-14-9(8)7-13-11(14)10-4-2-6-15-10/h1,3,5,7,10H,2,4,6,12H2. The van der Waals surface area contributed by atoms with Crippen molar-refractivity contribution in [3.63, 3.8) is 0 Å². The highest BCUT2D eigenvalue weighted by atomic mass is 32.2. The predicted octanol–water partition coefficient (Wildman–Crippen LogP) is 2.48. The van der Waals surface area contributed by atoms with Gasteiger partial charge in [0, 0.05) is 6.20 Å². The van der Waals surface area contributed by atoms with Gasteiger partial charge in [-0.1, -0.05) is 0 Å². The largest absolute Gasteiger partial charge is 0.397 e. The summed E-state index contributed by atoms with van der Waals surface area (Å²) in [4.78, 5) is 4.50. The van der Waals surface area contributed by atoms with Gasteiger partial charge >= 0.3 is 0 Å². The van der Waals surface area contributed by atoms with E-state index < -0.39 is 0 Å². The minimum absolute atomic E-state index is 0.550. The molecule has 15 heavy (non-hydrogen) atoms. The van der Waals surface area contributed by atoms with Crippen molar-refractivity contribution in [2.45, 2.75) is 18.1 Å². The number of nitrogen functional groups attached to an aromatic ring is 1. The topological polar surface area (TPSA) is 43.3 Å². The van der Waals surface area contributed by atoms with E-state index in [1.54, 1.807) is 0 Å². The number of nitrogens with two attached hydrogens (primary N) is 1. The summed E-state index contributed by atoms with van der Waals surface area (Å²) in [7, 11) is 0. The van der Waals surface area contributed by atoms with Crippen LogP contribution in [0, 0.1) is 0 Å². The molecule has 3 heterocycles. The van der Waals surface area contributed by atoms with E-state index in [9.17, 15) is 0 Å². The Labute approximate surface area is 92.7 Å². The van der Waals surface area contributed by atoms with E-state index in [-0.39, 0.29) is 0 Å². The number of hydrogen-bond donors (Lipinski definition) is 1. The molecular weight excluding hydrogens is 206 g/mol. The van der Waals surface area contributed by atoms with Gasteiger partial charge in [-0.05, 0) is 30.7 Å². The molecule has 1 atom stereocenters. The van der Waals surface area contributed by atoms with Crippen LogP contribution in [0.2, 0.25) is 0 Å². The molecule has 78 valence electrons. The van der Waals surface area contributed by atoms with Gasteiger partial charge in [0.1, 0.15) is 5.82 Å². The fourth-order valence-electron chi connectivity index (χ4n) is 2.08. The average molecular weight is 219 g/mol. The number of nitrogens with zero attached hydrogens (tertiary/aromatic N) is 2. The molecule has 2 aromatic heterocycles. The van der Waals surface area contributed by atoms with Gasteiger partial charge in [0.25, 0.3) is 0 Å². The first kappa shape index (κ1) is 9.09. The SMILES string of the molecule is Nc1cccn2c(C3CCCS3)ncc12. The lowest BCUT2D eigenvalue weighted by Gasteiger charge is -2.07. The summed E-state index contributed by atoms with van der Waals surface area (Å²) >= 11 is 2.00. The molecule has 3 rings (SSSR count). The highest BCUT2D eigenvalue weighted by Gasteiger charge is 2.21. The lowest BCUT2D eigenvalue weighted by Crippen LogP contribution is -1.98. The molecule has 1 aliphatic heterocycles. The van der Waals surface area contributed by atoms with Gasteiger partial charge in [-0.2, -0.15) is 11.8 Å². The number of aromatic nitrogens is 2. The summed E-state index contributed by atoms with van der Waals surface area (Å²) in [5.74, 6) is 2.40. The summed E-state index contributed by atoms with van der Waals surface area (Å²) < 4.78 is 2.12. The second-order valence-electron chi connectivity index (χ2n) is 3.84. The minimum Gasteiger partial charge on any atom is -0.397 e. The molecule has 0 aliphatic carbocycles. The molecule has 3 nitrogen and oxygen atoms in total. The first-order valence-corrected chi connectivity index (χ1v) is 6.24. The molecule has 0 saturated carbocycles. The molecule has 1 aliphatic rings. The number of thioether (sulfide) groups is 1. The quantitative estimate of drug-likeness (QED) is 0.801. The van der Waals surface area contributed by atoms with Gasteiger partial charge in [-0.15, -0.1) is 0 Å².